The van der Waals surface area contributed by atoms with Crippen LogP contribution in [0.5, 0.6) is 5.75 Å². The molecule has 0 atom stereocenters. The summed E-state index contributed by atoms with van der Waals surface area (Å²) in [5, 5.41) is 11.3. The van der Waals surface area contributed by atoms with Gasteiger partial charge < -0.3 is 4.74 Å². The Balaban J connectivity index is 2.52. The summed E-state index contributed by atoms with van der Waals surface area (Å²) in [6.45, 7) is 0. The quantitative estimate of drug-likeness (QED) is 0.485. The fraction of sp³-hybridized carbons (Fsp3) is 0.0833. The Morgan fingerprint density at radius 1 is 1.44 bits per heavy atom. The van der Waals surface area contributed by atoms with Gasteiger partial charge in [0.05, 0.1) is 17.5 Å². The Morgan fingerprint density at radius 2 is 2.22 bits per heavy atom. The normalized spacial score (nSPS) is 11.0. The first-order chi connectivity index (χ1) is 8.60. The maximum absolute atomic E-state index is 10.3. The van der Waals surface area contributed by atoms with E-state index in [0.29, 0.717) is 16.8 Å². The van der Waals surface area contributed by atoms with Crippen LogP contribution in [0.2, 0.25) is 5.15 Å². The van der Waals surface area contributed by atoms with Gasteiger partial charge in [-0.05, 0) is 18.2 Å². The van der Waals surface area contributed by atoms with Gasteiger partial charge in [-0.25, -0.2) is 4.98 Å². The number of nitrogens with zero attached hydrogens (tertiary/aromatic N) is 2. The van der Waals surface area contributed by atoms with Crippen LogP contribution in [0.15, 0.2) is 30.5 Å². The molecule has 5 nitrogen and oxygen atoms in total. The number of hydrogen-bond donors (Lipinski definition) is 0. The molecule has 0 radical (unpaired) electrons. The van der Waals surface area contributed by atoms with Gasteiger partial charge in [-0.3, -0.25) is 10.1 Å². The van der Waals surface area contributed by atoms with Gasteiger partial charge >= 0.3 is 0 Å². The number of hydrogen-bond acceptors (Lipinski definition) is 4. The van der Waals surface area contributed by atoms with Crippen LogP contribution in [-0.4, -0.2) is 17.0 Å². The minimum absolute atomic E-state index is 0.217. The van der Waals surface area contributed by atoms with E-state index in [4.69, 9.17) is 16.3 Å². The van der Waals surface area contributed by atoms with Crippen LogP contribution in [0.25, 0.3) is 17.0 Å². The summed E-state index contributed by atoms with van der Waals surface area (Å²) in [5.41, 5.74) is 1.18. The molecule has 0 aliphatic heterocycles. The highest BCUT2D eigenvalue weighted by Crippen LogP contribution is 2.24. The molecule has 18 heavy (non-hydrogen) atoms. The zero-order valence-electron chi connectivity index (χ0n) is 9.46. The molecule has 2 aromatic rings. The molecular weight excluding hydrogens is 256 g/mol. The Labute approximate surface area is 108 Å². The predicted octanol–water partition coefficient (Wildman–Crippen LogP) is 3.14. The highest BCUT2D eigenvalue weighted by molar-refractivity contribution is 6.31. The third-order valence-corrected chi connectivity index (χ3v) is 2.68. The monoisotopic (exact) mass is 264 g/mol. The lowest BCUT2D eigenvalue weighted by molar-refractivity contribution is -0.400. The Hall–Kier alpha value is -2.14. The lowest BCUT2D eigenvalue weighted by atomic mass is 10.1. The van der Waals surface area contributed by atoms with Crippen molar-refractivity contribution in [2.24, 2.45) is 0 Å². The molecule has 0 amide bonds. The van der Waals surface area contributed by atoms with Gasteiger partial charge in [-0.1, -0.05) is 11.6 Å². The maximum atomic E-state index is 10.3. The minimum atomic E-state index is -0.547. The van der Waals surface area contributed by atoms with Crippen molar-refractivity contribution in [3.05, 3.63) is 51.3 Å². The van der Waals surface area contributed by atoms with Crippen LogP contribution in [0.3, 0.4) is 0 Å². The Kier molecular flexibility index (Phi) is 3.43. The summed E-state index contributed by atoms with van der Waals surface area (Å²) >= 11 is 5.96. The third-order valence-electron chi connectivity index (χ3n) is 2.38. The second-order valence-corrected chi connectivity index (χ2v) is 3.89. The lowest BCUT2D eigenvalue weighted by Crippen LogP contribution is -1.88. The molecular formula is C12H9ClN2O3. The highest BCUT2D eigenvalue weighted by atomic mass is 35.5. The van der Waals surface area contributed by atoms with E-state index in [1.165, 1.54) is 6.08 Å². The smallest absolute Gasteiger partial charge is 0.235 e. The fourth-order valence-corrected chi connectivity index (χ4v) is 1.73. The van der Waals surface area contributed by atoms with Crippen LogP contribution in [0.4, 0.5) is 0 Å². The topological polar surface area (TPSA) is 65.3 Å². The second-order valence-electron chi connectivity index (χ2n) is 3.53. The first-order valence-corrected chi connectivity index (χ1v) is 5.44. The van der Waals surface area contributed by atoms with Crippen molar-refractivity contribution >= 4 is 28.6 Å². The van der Waals surface area contributed by atoms with Crippen LogP contribution in [-0.2, 0) is 0 Å². The molecule has 0 spiro atoms. The molecule has 92 valence electrons. The molecule has 0 aliphatic carbocycles. The molecule has 1 heterocycles. The Morgan fingerprint density at radius 3 is 2.89 bits per heavy atom. The zero-order valence-corrected chi connectivity index (χ0v) is 10.2. The van der Waals surface area contributed by atoms with Crippen molar-refractivity contribution in [1.82, 2.24) is 4.98 Å². The SMILES string of the molecule is COc1ccc2cc(C=C[N+](=O)[O-])c(Cl)nc2c1. The van der Waals surface area contributed by atoms with E-state index in [0.717, 1.165) is 11.6 Å². The number of ether oxygens (including phenoxy) is 1. The van der Waals surface area contributed by atoms with Crippen molar-refractivity contribution in [2.45, 2.75) is 0 Å². The number of aromatic nitrogens is 1. The van der Waals surface area contributed by atoms with Crippen LogP contribution >= 0.6 is 11.6 Å². The summed E-state index contributed by atoms with van der Waals surface area (Å²) in [6, 6.07) is 7.10. The fourth-order valence-electron chi connectivity index (χ4n) is 1.52. The van der Waals surface area contributed by atoms with E-state index >= 15 is 0 Å². The Bertz CT molecular complexity index is 641. The summed E-state index contributed by atoms with van der Waals surface area (Å²) in [6.07, 6.45) is 2.15. The molecule has 2 rings (SSSR count). The van der Waals surface area contributed by atoms with Gasteiger partial charge in [0.1, 0.15) is 10.9 Å². The summed E-state index contributed by atoms with van der Waals surface area (Å²) in [7, 11) is 1.57. The second kappa shape index (κ2) is 5.01. The number of benzene rings is 1. The van der Waals surface area contributed by atoms with Crippen molar-refractivity contribution in [3.8, 4) is 5.75 Å². The highest BCUT2D eigenvalue weighted by Gasteiger charge is 2.05. The molecule has 0 aliphatic rings. The minimum Gasteiger partial charge on any atom is -0.497 e. The first kappa shape index (κ1) is 12.3. The van der Waals surface area contributed by atoms with Crippen molar-refractivity contribution in [1.29, 1.82) is 0 Å². The largest absolute Gasteiger partial charge is 0.497 e. The molecule has 0 fully saturated rings. The number of fused-ring (bicyclic) bond motifs is 1. The van der Waals surface area contributed by atoms with Gasteiger partial charge in [-0.15, -0.1) is 0 Å². The van der Waals surface area contributed by atoms with Gasteiger partial charge in [0, 0.05) is 23.1 Å². The molecule has 0 saturated carbocycles. The number of methoxy groups -OCH3 is 1. The van der Waals surface area contributed by atoms with Crippen molar-refractivity contribution < 1.29 is 9.66 Å². The zero-order chi connectivity index (χ0) is 13.1. The van der Waals surface area contributed by atoms with E-state index < -0.39 is 4.92 Å². The summed E-state index contributed by atoms with van der Waals surface area (Å²) in [5.74, 6) is 0.680. The molecule has 0 saturated heterocycles. The van der Waals surface area contributed by atoms with Gasteiger partial charge in [-0.2, -0.15) is 0 Å². The maximum Gasteiger partial charge on any atom is 0.235 e. The van der Waals surface area contributed by atoms with Crippen LogP contribution in [0.1, 0.15) is 5.56 Å². The van der Waals surface area contributed by atoms with E-state index in [2.05, 4.69) is 4.98 Å². The number of halogens is 1. The summed E-state index contributed by atoms with van der Waals surface area (Å²) < 4.78 is 5.08. The molecule has 0 bridgehead atoms. The van der Waals surface area contributed by atoms with Gasteiger partial charge in [0.2, 0.25) is 6.20 Å². The van der Waals surface area contributed by atoms with E-state index in [9.17, 15) is 10.1 Å². The molecule has 1 aromatic heterocycles. The average molecular weight is 265 g/mol. The molecule has 6 heteroatoms. The van der Waals surface area contributed by atoms with E-state index in [1.54, 1.807) is 25.3 Å². The standard InChI is InChI=1S/C12H9ClN2O3/c1-18-10-3-2-8-6-9(4-5-15(16)17)12(13)14-11(8)7-10/h2-7H,1H3. The van der Waals surface area contributed by atoms with Crippen LogP contribution in [0, 0.1) is 10.1 Å². The van der Waals surface area contributed by atoms with E-state index in [-0.39, 0.29) is 5.15 Å². The first-order valence-electron chi connectivity index (χ1n) is 5.06. The van der Waals surface area contributed by atoms with E-state index in [1.807, 2.05) is 6.07 Å². The third kappa shape index (κ3) is 2.57. The molecule has 0 unspecified atom stereocenters. The van der Waals surface area contributed by atoms with Gasteiger partial charge in [0.25, 0.3) is 0 Å². The summed E-state index contributed by atoms with van der Waals surface area (Å²) in [4.78, 5) is 13.9. The van der Waals surface area contributed by atoms with Crippen molar-refractivity contribution in [2.75, 3.05) is 7.11 Å². The predicted molar refractivity (Wildman–Crippen MR) is 69.3 cm³/mol. The van der Waals surface area contributed by atoms with Crippen LogP contribution < -0.4 is 4.74 Å². The van der Waals surface area contributed by atoms with Gasteiger partial charge in [0.15, 0.2) is 0 Å². The number of nitro groups is 1. The number of rotatable bonds is 3. The molecule has 0 N–H and O–H groups in total. The number of pyridine rings is 1. The van der Waals surface area contributed by atoms with Crippen molar-refractivity contribution in [3.63, 3.8) is 0 Å². The molecule has 1 aromatic carbocycles. The average Bonchev–Trinajstić information content (AvgIpc) is 2.35. The lowest BCUT2D eigenvalue weighted by Gasteiger charge is -2.04.